The van der Waals surface area contributed by atoms with E-state index >= 15 is 0 Å². The molecule has 0 aromatic rings. The minimum absolute atomic E-state index is 0.243. The molecule has 0 amide bonds. The average molecular weight is 274 g/mol. The quantitative estimate of drug-likeness (QED) is 0.639. The van der Waals surface area contributed by atoms with Gasteiger partial charge in [0.15, 0.2) is 9.84 Å². The average Bonchev–Trinajstić information content (AvgIpc) is 2.99. The molecule has 1 saturated carbocycles. The second-order valence-corrected chi connectivity index (χ2v) is 9.29. The Kier molecular flexibility index (Phi) is 5.38. The maximum Gasteiger partial charge on any atom is 0.155 e. The van der Waals surface area contributed by atoms with Gasteiger partial charge in [0.2, 0.25) is 0 Å². The second kappa shape index (κ2) is 6.18. The van der Waals surface area contributed by atoms with Gasteiger partial charge in [0, 0.05) is 12.8 Å². The fourth-order valence-corrected chi connectivity index (χ4v) is 3.04. The van der Waals surface area contributed by atoms with E-state index in [4.69, 9.17) is 0 Å². The number of Topliss-reactive ketones (excluding diaryl/α,β-unsaturated/α-hetero) is 1. The number of rotatable bonds is 8. The van der Waals surface area contributed by atoms with Crippen LogP contribution in [0.25, 0.3) is 0 Å². The van der Waals surface area contributed by atoms with E-state index in [0.29, 0.717) is 24.5 Å². The van der Waals surface area contributed by atoms with Gasteiger partial charge in [0.1, 0.15) is 5.78 Å². The highest BCUT2D eigenvalue weighted by Gasteiger charge is 2.28. The molecule has 0 radical (unpaired) electrons. The molecule has 0 aliphatic heterocycles. The Balaban J connectivity index is 2.09. The van der Waals surface area contributed by atoms with Crippen LogP contribution in [0.2, 0.25) is 0 Å². The van der Waals surface area contributed by atoms with Crippen molar-refractivity contribution in [2.45, 2.75) is 70.5 Å². The summed E-state index contributed by atoms with van der Waals surface area (Å²) in [4.78, 5) is 11.5. The molecular formula is C14H26O3S. The third-order valence-corrected chi connectivity index (χ3v) is 6.21. The van der Waals surface area contributed by atoms with Crippen molar-refractivity contribution in [3.05, 3.63) is 0 Å². The number of unbranched alkanes of at least 4 members (excludes halogenated alkanes) is 2. The van der Waals surface area contributed by atoms with Crippen molar-refractivity contribution in [3.63, 3.8) is 0 Å². The first-order chi connectivity index (χ1) is 8.22. The van der Waals surface area contributed by atoms with Gasteiger partial charge in [0.05, 0.1) is 10.5 Å². The fraction of sp³-hybridized carbons (Fsp3) is 0.929. The van der Waals surface area contributed by atoms with Crippen LogP contribution in [-0.4, -0.2) is 24.7 Å². The topological polar surface area (TPSA) is 51.2 Å². The van der Waals surface area contributed by atoms with Crippen molar-refractivity contribution >= 4 is 15.6 Å². The van der Waals surface area contributed by atoms with Gasteiger partial charge in [0.25, 0.3) is 0 Å². The molecule has 0 heterocycles. The lowest BCUT2D eigenvalue weighted by Crippen LogP contribution is -2.30. The van der Waals surface area contributed by atoms with Gasteiger partial charge in [-0.2, -0.15) is 0 Å². The van der Waals surface area contributed by atoms with Crippen molar-refractivity contribution in [2.24, 2.45) is 5.92 Å². The molecular weight excluding hydrogens is 248 g/mol. The van der Waals surface area contributed by atoms with Gasteiger partial charge >= 0.3 is 0 Å². The molecule has 1 aliphatic carbocycles. The fourth-order valence-electron chi connectivity index (χ4n) is 1.84. The Bertz CT molecular complexity index is 372. The smallest absolute Gasteiger partial charge is 0.155 e. The normalized spacial score (nSPS) is 16.8. The molecule has 1 aliphatic rings. The van der Waals surface area contributed by atoms with E-state index in [2.05, 4.69) is 0 Å². The molecule has 0 unspecified atom stereocenters. The summed E-state index contributed by atoms with van der Waals surface area (Å²) < 4.78 is 23.0. The van der Waals surface area contributed by atoms with Crippen molar-refractivity contribution in [1.82, 2.24) is 0 Å². The zero-order valence-electron chi connectivity index (χ0n) is 11.9. The molecule has 4 heteroatoms. The van der Waals surface area contributed by atoms with Crippen LogP contribution in [0, 0.1) is 5.92 Å². The zero-order chi connectivity index (χ0) is 13.8. The van der Waals surface area contributed by atoms with Crippen molar-refractivity contribution in [2.75, 3.05) is 5.75 Å². The van der Waals surface area contributed by atoms with Crippen LogP contribution in [0.5, 0.6) is 0 Å². The largest absolute Gasteiger partial charge is 0.300 e. The number of carbonyl (C=O) groups excluding carboxylic acids is 1. The Morgan fingerprint density at radius 1 is 1.11 bits per heavy atom. The Morgan fingerprint density at radius 2 is 1.72 bits per heavy atom. The molecule has 0 atom stereocenters. The van der Waals surface area contributed by atoms with Crippen LogP contribution in [0.1, 0.15) is 65.7 Å². The Morgan fingerprint density at radius 3 is 2.22 bits per heavy atom. The van der Waals surface area contributed by atoms with E-state index in [0.717, 1.165) is 19.3 Å². The predicted molar refractivity (Wildman–Crippen MR) is 74.4 cm³/mol. The molecule has 0 aromatic heterocycles. The second-order valence-electron chi connectivity index (χ2n) is 6.43. The van der Waals surface area contributed by atoms with Crippen LogP contribution in [-0.2, 0) is 14.6 Å². The van der Waals surface area contributed by atoms with Crippen molar-refractivity contribution < 1.29 is 13.2 Å². The molecule has 0 aromatic carbocycles. The molecule has 0 spiro atoms. The number of hydrogen-bond donors (Lipinski definition) is 0. The molecule has 0 bridgehead atoms. The third-order valence-electron chi connectivity index (χ3n) is 3.51. The zero-order valence-corrected chi connectivity index (χ0v) is 12.7. The van der Waals surface area contributed by atoms with Crippen LogP contribution < -0.4 is 0 Å². The lowest BCUT2D eigenvalue weighted by atomic mass is 10.1. The first kappa shape index (κ1) is 15.7. The SMILES string of the molecule is CC(C)(C)S(=O)(=O)CCCCCC(=O)CC1CC1. The van der Waals surface area contributed by atoms with E-state index in [1.807, 2.05) is 0 Å². The molecule has 1 rings (SSSR count). The highest BCUT2D eigenvalue weighted by molar-refractivity contribution is 7.92. The van der Waals surface area contributed by atoms with Crippen molar-refractivity contribution in [3.8, 4) is 0 Å². The molecule has 0 saturated heterocycles. The Labute approximate surface area is 111 Å². The highest BCUT2D eigenvalue weighted by atomic mass is 32.2. The lowest BCUT2D eigenvalue weighted by Gasteiger charge is -2.18. The first-order valence-electron chi connectivity index (χ1n) is 6.96. The maximum atomic E-state index is 11.8. The molecule has 106 valence electrons. The summed E-state index contributed by atoms with van der Waals surface area (Å²) in [5.41, 5.74) is 0. The van der Waals surface area contributed by atoms with Gasteiger partial charge in [-0.3, -0.25) is 4.79 Å². The molecule has 0 N–H and O–H groups in total. The number of carbonyl (C=O) groups is 1. The molecule has 18 heavy (non-hydrogen) atoms. The van der Waals surface area contributed by atoms with Crippen LogP contribution in [0.3, 0.4) is 0 Å². The van der Waals surface area contributed by atoms with E-state index in [1.54, 1.807) is 20.8 Å². The van der Waals surface area contributed by atoms with Crippen LogP contribution >= 0.6 is 0 Å². The predicted octanol–water partition coefficient (Wildman–Crippen LogP) is 3.13. The Hall–Kier alpha value is -0.380. The summed E-state index contributed by atoms with van der Waals surface area (Å²) in [5.74, 6) is 1.27. The van der Waals surface area contributed by atoms with Gasteiger partial charge in [-0.1, -0.05) is 6.42 Å². The summed E-state index contributed by atoms with van der Waals surface area (Å²) in [6.07, 6.45) is 6.17. The summed E-state index contributed by atoms with van der Waals surface area (Å²) in [7, 11) is -2.99. The lowest BCUT2D eigenvalue weighted by molar-refractivity contribution is -0.119. The molecule has 3 nitrogen and oxygen atoms in total. The third kappa shape index (κ3) is 5.51. The van der Waals surface area contributed by atoms with Gasteiger partial charge in [-0.15, -0.1) is 0 Å². The number of hydrogen-bond acceptors (Lipinski definition) is 3. The first-order valence-corrected chi connectivity index (χ1v) is 8.61. The van der Waals surface area contributed by atoms with E-state index < -0.39 is 14.6 Å². The monoisotopic (exact) mass is 274 g/mol. The number of sulfone groups is 1. The minimum Gasteiger partial charge on any atom is -0.300 e. The van der Waals surface area contributed by atoms with Gasteiger partial charge < -0.3 is 0 Å². The summed E-state index contributed by atoms with van der Waals surface area (Å²) in [5, 5.41) is 0. The number of ketones is 1. The standard InChI is InChI=1S/C14H26O3S/c1-14(2,3)18(16,17)10-6-4-5-7-13(15)11-12-8-9-12/h12H,4-11H2,1-3H3. The van der Waals surface area contributed by atoms with E-state index in [-0.39, 0.29) is 5.75 Å². The summed E-state index contributed by atoms with van der Waals surface area (Å²) >= 11 is 0. The van der Waals surface area contributed by atoms with Crippen LogP contribution in [0.15, 0.2) is 0 Å². The van der Waals surface area contributed by atoms with Crippen molar-refractivity contribution in [1.29, 1.82) is 0 Å². The minimum atomic E-state index is -2.99. The van der Waals surface area contributed by atoms with E-state index in [1.165, 1.54) is 12.8 Å². The van der Waals surface area contributed by atoms with Crippen LogP contribution in [0.4, 0.5) is 0 Å². The summed E-state index contributed by atoms with van der Waals surface area (Å²) in [6, 6.07) is 0. The van der Waals surface area contributed by atoms with Gasteiger partial charge in [-0.05, 0) is 52.4 Å². The van der Waals surface area contributed by atoms with Gasteiger partial charge in [-0.25, -0.2) is 8.42 Å². The maximum absolute atomic E-state index is 11.8. The molecule has 1 fully saturated rings. The highest BCUT2D eigenvalue weighted by Crippen LogP contribution is 2.33. The van der Waals surface area contributed by atoms with E-state index in [9.17, 15) is 13.2 Å². The summed E-state index contributed by atoms with van der Waals surface area (Å²) in [6.45, 7) is 5.21.